The zero-order valence-electron chi connectivity index (χ0n) is 21.9. The van der Waals surface area contributed by atoms with Crippen LogP contribution in [0, 0.1) is 0 Å². The molecule has 1 saturated carbocycles. The van der Waals surface area contributed by atoms with E-state index in [2.05, 4.69) is 44.5 Å². The van der Waals surface area contributed by atoms with Crippen LogP contribution in [0.25, 0.3) is 34.4 Å². The minimum absolute atomic E-state index is 0.0734. The fourth-order valence-corrected chi connectivity index (χ4v) is 5.63. The molecule has 4 aliphatic rings. The Morgan fingerprint density at radius 2 is 1.66 bits per heavy atom. The maximum absolute atomic E-state index is 12.9. The van der Waals surface area contributed by atoms with Crippen LogP contribution in [-0.2, 0) is 13.6 Å². The molecule has 6 rings (SSSR count). The van der Waals surface area contributed by atoms with Crippen molar-refractivity contribution in [2.45, 2.75) is 57.2 Å². The highest BCUT2D eigenvalue weighted by molar-refractivity contribution is 5.63. The molecule has 0 unspecified atom stereocenters. The molecule has 0 amide bonds. The largest absolute Gasteiger partial charge is 0.453 e. The van der Waals surface area contributed by atoms with Gasteiger partial charge in [0.1, 0.15) is 5.76 Å². The first-order valence-electron chi connectivity index (χ1n) is 13.5. The van der Waals surface area contributed by atoms with Crippen molar-refractivity contribution >= 4 is 0 Å². The van der Waals surface area contributed by atoms with Gasteiger partial charge >= 0.3 is 5.69 Å². The van der Waals surface area contributed by atoms with Crippen LogP contribution >= 0.6 is 0 Å². The number of nitrogens with one attached hydrogen (secondary N) is 1. The maximum atomic E-state index is 12.9. The molecule has 38 heavy (non-hydrogen) atoms. The van der Waals surface area contributed by atoms with Crippen molar-refractivity contribution in [2.75, 3.05) is 20.1 Å². The number of hydrogen-bond donors (Lipinski definition) is 1. The summed E-state index contributed by atoms with van der Waals surface area (Å²) < 4.78 is 8.88. The summed E-state index contributed by atoms with van der Waals surface area (Å²) in [5.74, 6) is 1.73. The molecule has 0 atom stereocenters. The van der Waals surface area contributed by atoms with Crippen molar-refractivity contribution < 1.29 is 4.42 Å². The second kappa shape index (κ2) is 10.3. The summed E-state index contributed by atoms with van der Waals surface area (Å²) in [4.78, 5) is 36.3. The van der Waals surface area contributed by atoms with Crippen molar-refractivity contribution in [1.29, 1.82) is 0 Å². The highest BCUT2D eigenvalue weighted by Crippen LogP contribution is 2.33. The number of rotatable bonds is 6. The Morgan fingerprint density at radius 3 is 2.37 bits per heavy atom. The van der Waals surface area contributed by atoms with Crippen molar-refractivity contribution in [1.82, 2.24) is 34.5 Å². The van der Waals surface area contributed by atoms with E-state index in [1.54, 1.807) is 4.68 Å². The first-order chi connectivity index (χ1) is 18.5. The second-order valence-electron chi connectivity index (χ2n) is 10.4. The van der Waals surface area contributed by atoms with E-state index in [0.717, 1.165) is 55.4 Å². The molecule has 2 fully saturated rings. The SMILES string of the molecule is CNC1CCN(Cc2ccc(-c3ccc(-c4nc5c(=O)n(C)c(=O)nc-5n(C5CCCC5)n4)o3)cc2)CC1. The Labute approximate surface area is 220 Å². The number of nitrogens with zero attached hydrogens (tertiary/aromatic N) is 6. The molecular formula is C28H33N7O3. The summed E-state index contributed by atoms with van der Waals surface area (Å²) in [6.07, 6.45) is 6.35. The fourth-order valence-electron chi connectivity index (χ4n) is 5.63. The molecule has 198 valence electrons. The van der Waals surface area contributed by atoms with Crippen molar-refractivity contribution in [2.24, 2.45) is 7.05 Å². The Morgan fingerprint density at radius 1 is 0.947 bits per heavy atom. The molecule has 1 aliphatic carbocycles. The smallest absolute Gasteiger partial charge is 0.352 e. The highest BCUT2D eigenvalue weighted by atomic mass is 16.3. The predicted molar refractivity (Wildman–Crippen MR) is 144 cm³/mol. The van der Waals surface area contributed by atoms with Crippen LogP contribution in [-0.4, -0.2) is 55.4 Å². The molecular weight excluding hydrogens is 482 g/mol. The van der Waals surface area contributed by atoms with Crippen LogP contribution in [0.3, 0.4) is 0 Å². The lowest BCUT2D eigenvalue weighted by molar-refractivity contribution is 0.194. The number of furan rings is 1. The minimum atomic E-state index is -0.600. The van der Waals surface area contributed by atoms with Crippen LogP contribution in [0.2, 0.25) is 0 Å². The van der Waals surface area contributed by atoms with E-state index in [4.69, 9.17) is 9.52 Å². The van der Waals surface area contributed by atoms with Gasteiger partial charge in [-0.15, -0.1) is 5.10 Å². The van der Waals surface area contributed by atoms with Gasteiger partial charge in [0.25, 0.3) is 5.56 Å². The van der Waals surface area contributed by atoms with E-state index in [1.807, 2.05) is 19.2 Å². The zero-order valence-corrected chi connectivity index (χ0v) is 21.9. The Hall–Kier alpha value is -3.63. The number of aromatic nitrogens is 5. The average Bonchev–Trinajstić information content (AvgIpc) is 3.66. The lowest BCUT2D eigenvalue weighted by Gasteiger charge is -2.31. The van der Waals surface area contributed by atoms with E-state index >= 15 is 0 Å². The quantitative estimate of drug-likeness (QED) is 0.417. The van der Waals surface area contributed by atoms with Gasteiger partial charge in [-0.2, -0.15) is 4.98 Å². The Balaban J connectivity index is 1.27. The van der Waals surface area contributed by atoms with Crippen molar-refractivity contribution in [3.05, 3.63) is 62.8 Å². The maximum Gasteiger partial charge on any atom is 0.352 e. The van der Waals surface area contributed by atoms with Crippen LogP contribution in [0.4, 0.5) is 0 Å². The first-order valence-corrected chi connectivity index (χ1v) is 13.5. The molecule has 0 spiro atoms. The van der Waals surface area contributed by atoms with E-state index in [-0.39, 0.29) is 17.6 Å². The van der Waals surface area contributed by atoms with Gasteiger partial charge in [0.2, 0.25) is 5.82 Å². The van der Waals surface area contributed by atoms with Crippen LogP contribution in [0.15, 0.2) is 50.4 Å². The van der Waals surface area contributed by atoms with Gasteiger partial charge in [-0.1, -0.05) is 37.1 Å². The number of fused-ring (bicyclic) bond motifs is 1. The molecule has 10 nitrogen and oxygen atoms in total. The zero-order chi connectivity index (χ0) is 26.2. The second-order valence-corrected chi connectivity index (χ2v) is 10.4. The molecule has 4 heterocycles. The first kappa shape index (κ1) is 24.7. The van der Waals surface area contributed by atoms with Gasteiger partial charge < -0.3 is 9.73 Å². The fraction of sp³-hybridized carbons (Fsp3) is 0.464. The topological polar surface area (TPSA) is 111 Å². The van der Waals surface area contributed by atoms with Gasteiger partial charge in [-0.05, 0) is 63.5 Å². The summed E-state index contributed by atoms with van der Waals surface area (Å²) >= 11 is 0. The van der Waals surface area contributed by atoms with Crippen LogP contribution in [0.1, 0.15) is 50.1 Å². The number of hydrogen-bond acceptors (Lipinski definition) is 8. The standard InChI is InChI=1S/C28H33N7O3/c1-29-20-13-15-34(16-14-20)17-18-7-9-19(10-8-18)22-11-12-23(38-22)25-30-24-26(31-28(37)33(2)27(24)36)35(32-25)21-5-3-4-6-21/h7-12,20-21,29H,3-6,13-17H2,1-2H3. The third kappa shape index (κ3) is 4.69. The van der Waals surface area contributed by atoms with Crippen LogP contribution < -0.4 is 16.6 Å². The Bertz CT molecular complexity index is 1510. The number of benzene rings is 1. The van der Waals surface area contributed by atoms with Gasteiger partial charge in [-0.25, -0.2) is 14.5 Å². The molecule has 1 aromatic carbocycles. The van der Waals surface area contributed by atoms with Crippen molar-refractivity contribution in [3.63, 3.8) is 0 Å². The summed E-state index contributed by atoms with van der Waals surface area (Å²) in [5.41, 5.74) is 1.29. The summed E-state index contributed by atoms with van der Waals surface area (Å²) in [6.45, 7) is 3.16. The lowest BCUT2D eigenvalue weighted by Crippen LogP contribution is -2.40. The normalized spacial score (nSPS) is 17.5. The van der Waals surface area contributed by atoms with E-state index in [0.29, 0.717) is 23.4 Å². The molecule has 1 aromatic heterocycles. The average molecular weight is 516 g/mol. The van der Waals surface area contributed by atoms with Crippen LogP contribution in [0.5, 0.6) is 0 Å². The van der Waals surface area contributed by atoms with Gasteiger partial charge in [-0.3, -0.25) is 14.3 Å². The molecule has 1 N–H and O–H groups in total. The highest BCUT2D eigenvalue weighted by Gasteiger charge is 2.28. The van der Waals surface area contributed by atoms with Gasteiger partial charge in [0.15, 0.2) is 17.3 Å². The molecule has 1 saturated heterocycles. The van der Waals surface area contributed by atoms with Gasteiger partial charge in [0, 0.05) is 25.2 Å². The van der Waals surface area contributed by atoms with Crippen molar-refractivity contribution in [3.8, 4) is 34.4 Å². The third-order valence-corrected chi connectivity index (χ3v) is 7.98. The molecule has 2 aromatic rings. The molecule has 3 aliphatic heterocycles. The third-order valence-electron chi connectivity index (χ3n) is 7.98. The lowest BCUT2D eigenvalue weighted by atomic mass is 10.0. The minimum Gasteiger partial charge on any atom is -0.453 e. The monoisotopic (exact) mass is 515 g/mol. The summed E-state index contributed by atoms with van der Waals surface area (Å²) in [5, 5.41) is 8.10. The van der Waals surface area contributed by atoms with E-state index < -0.39 is 11.2 Å². The number of piperidine rings is 1. The summed E-state index contributed by atoms with van der Waals surface area (Å²) in [6, 6.07) is 12.9. The molecule has 0 bridgehead atoms. The Kier molecular flexibility index (Phi) is 6.67. The van der Waals surface area contributed by atoms with Gasteiger partial charge in [0.05, 0.1) is 6.04 Å². The summed E-state index contributed by atoms with van der Waals surface area (Å²) in [7, 11) is 3.46. The predicted octanol–water partition coefficient (Wildman–Crippen LogP) is 3.06. The molecule has 10 heteroatoms. The molecule has 0 radical (unpaired) electrons. The number of likely N-dealkylation sites (tertiary alicyclic amines) is 1. The van der Waals surface area contributed by atoms with E-state index in [9.17, 15) is 9.59 Å². The van der Waals surface area contributed by atoms with E-state index in [1.165, 1.54) is 25.5 Å².